The van der Waals surface area contributed by atoms with Gasteiger partial charge in [0.1, 0.15) is 5.01 Å². The summed E-state index contributed by atoms with van der Waals surface area (Å²) in [5.74, 6) is 0. The van der Waals surface area contributed by atoms with Gasteiger partial charge in [-0.15, -0.1) is 11.3 Å². The highest BCUT2D eigenvalue weighted by molar-refractivity contribution is 9.10. The highest BCUT2D eigenvalue weighted by Gasteiger charge is 2.06. The van der Waals surface area contributed by atoms with Gasteiger partial charge in [0, 0.05) is 22.0 Å². The van der Waals surface area contributed by atoms with Crippen molar-refractivity contribution in [1.82, 2.24) is 4.98 Å². The predicted octanol–water partition coefficient (Wildman–Crippen LogP) is 3.34. The molecule has 0 aliphatic rings. The molecule has 0 spiro atoms. The molecule has 2 nitrogen and oxygen atoms in total. The largest absolute Gasteiger partial charge is 0.325 e. The molecule has 0 aliphatic heterocycles. The summed E-state index contributed by atoms with van der Waals surface area (Å²) in [6.45, 7) is 2.59. The third-order valence-electron chi connectivity index (χ3n) is 2.18. The Kier molecular flexibility index (Phi) is 3.19. The Balaban J connectivity index is 2.44. The van der Waals surface area contributed by atoms with Crippen molar-refractivity contribution in [3.63, 3.8) is 0 Å². The number of rotatable bonds is 2. The molecule has 0 saturated carbocycles. The molecule has 2 aromatic rings. The summed E-state index contributed by atoms with van der Waals surface area (Å²) in [7, 11) is 0. The van der Waals surface area contributed by atoms with Gasteiger partial charge in [-0.05, 0) is 24.6 Å². The summed E-state index contributed by atoms with van der Waals surface area (Å²) in [6.07, 6.45) is 0. The Morgan fingerprint density at radius 2 is 2.27 bits per heavy atom. The molecule has 78 valence electrons. The second-order valence-electron chi connectivity index (χ2n) is 3.31. The van der Waals surface area contributed by atoms with Crippen LogP contribution in [0.2, 0.25) is 0 Å². The number of nitrogens with zero attached hydrogens (tertiary/aromatic N) is 1. The van der Waals surface area contributed by atoms with Crippen molar-refractivity contribution in [2.45, 2.75) is 13.5 Å². The van der Waals surface area contributed by atoms with Crippen LogP contribution >= 0.6 is 27.3 Å². The summed E-state index contributed by atoms with van der Waals surface area (Å²) in [5.41, 5.74) is 8.90. The molecule has 4 heteroatoms. The fourth-order valence-corrected chi connectivity index (χ4v) is 2.79. The fraction of sp³-hybridized carbons (Fsp3) is 0.182. The molecule has 0 unspecified atom stereocenters. The number of thiazole rings is 1. The summed E-state index contributed by atoms with van der Waals surface area (Å²) < 4.78 is 1.10. The Bertz CT molecular complexity index is 479. The van der Waals surface area contributed by atoms with Crippen molar-refractivity contribution < 1.29 is 0 Å². The van der Waals surface area contributed by atoms with Crippen LogP contribution in [0.4, 0.5) is 0 Å². The topological polar surface area (TPSA) is 38.9 Å². The first kappa shape index (κ1) is 10.8. The van der Waals surface area contributed by atoms with E-state index >= 15 is 0 Å². The lowest BCUT2D eigenvalue weighted by Crippen LogP contribution is -1.95. The maximum absolute atomic E-state index is 5.54. The summed E-state index contributed by atoms with van der Waals surface area (Å²) in [6, 6.07) is 6.21. The lowest BCUT2D eigenvalue weighted by molar-refractivity contribution is 1.01. The third kappa shape index (κ3) is 2.27. The van der Waals surface area contributed by atoms with Gasteiger partial charge >= 0.3 is 0 Å². The van der Waals surface area contributed by atoms with Crippen LogP contribution in [0, 0.1) is 6.92 Å². The summed E-state index contributed by atoms with van der Waals surface area (Å²) in [5, 5.41) is 3.05. The Hall–Kier alpha value is -0.710. The molecular formula is C11H11BrN2S. The molecule has 0 atom stereocenters. The van der Waals surface area contributed by atoms with Crippen molar-refractivity contribution >= 4 is 27.3 Å². The molecule has 0 amide bonds. The normalized spacial score (nSPS) is 10.6. The van der Waals surface area contributed by atoms with Gasteiger partial charge in [0.2, 0.25) is 0 Å². The maximum Gasteiger partial charge on any atom is 0.123 e. The smallest absolute Gasteiger partial charge is 0.123 e. The highest BCUT2D eigenvalue weighted by Crippen LogP contribution is 2.28. The number of aromatic nitrogens is 1. The third-order valence-corrected chi connectivity index (χ3v) is 3.60. The Morgan fingerprint density at radius 3 is 2.87 bits per heavy atom. The van der Waals surface area contributed by atoms with Gasteiger partial charge in [0.15, 0.2) is 0 Å². The molecule has 1 heterocycles. The van der Waals surface area contributed by atoms with E-state index < -0.39 is 0 Å². The van der Waals surface area contributed by atoms with Gasteiger partial charge in [0.05, 0.1) is 5.69 Å². The van der Waals surface area contributed by atoms with Gasteiger partial charge in [-0.1, -0.05) is 22.0 Å². The second-order valence-corrected chi connectivity index (χ2v) is 5.08. The van der Waals surface area contributed by atoms with E-state index in [0.717, 1.165) is 15.2 Å². The standard InChI is InChI=1S/C11H11BrN2S/c1-7-4-8(12)2-3-10(7)11-14-9(5-13)6-15-11/h2-4,6H,5,13H2,1H3. The predicted molar refractivity (Wildman–Crippen MR) is 67.9 cm³/mol. The van der Waals surface area contributed by atoms with Crippen LogP contribution in [-0.2, 0) is 6.54 Å². The first-order valence-corrected chi connectivity index (χ1v) is 6.29. The minimum atomic E-state index is 0.506. The van der Waals surface area contributed by atoms with Crippen LogP contribution in [0.1, 0.15) is 11.3 Å². The van der Waals surface area contributed by atoms with Gasteiger partial charge in [0.25, 0.3) is 0 Å². The van der Waals surface area contributed by atoms with Gasteiger partial charge in [-0.2, -0.15) is 0 Å². The molecule has 1 aromatic heterocycles. The van der Waals surface area contributed by atoms with E-state index in [-0.39, 0.29) is 0 Å². The van der Waals surface area contributed by atoms with Gasteiger partial charge < -0.3 is 5.73 Å². The average molecular weight is 283 g/mol. The monoisotopic (exact) mass is 282 g/mol. The highest BCUT2D eigenvalue weighted by atomic mass is 79.9. The first-order valence-electron chi connectivity index (χ1n) is 4.61. The SMILES string of the molecule is Cc1cc(Br)ccc1-c1nc(CN)cs1. The Morgan fingerprint density at radius 1 is 1.47 bits per heavy atom. The van der Waals surface area contributed by atoms with Crippen LogP contribution in [-0.4, -0.2) is 4.98 Å². The van der Waals surface area contributed by atoms with E-state index in [4.69, 9.17) is 5.73 Å². The van der Waals surface area contributed by atoms with Gasteiger partial charge in [-0.25, -0.2) is 4.98 Å². The zero-order valence-electron chi connectivity index (χ0n) is 8.33. The number of nitrogens with two attached hydrogens (primary N) is 1. The number of aryl methyl sites for hydroxylation is 1. The van der Waals surface area contributed by atoms with Crippen molar-refractivity contribution in [3.8, 4) is 10.6 Å². The van der Waals surface area contributed by atoms with Crippen molar-refractivity contribution in [2.75, 3.05) is 0 Å². The minimum absolute atomic E-state index is 0.506. The zero-order valence-corrected chi connectivity index (χ0v) is 10.7. The van der Waals surface area contributed by atoms with E-state index in [0.29, 0.717) is 6.54 Å². The van der Waals surface area contributed by atoms with Crippen LogP contribution in [0.3, 0.4) is 0 Å². The Labute approximate surface area is 101 Å². The maximum atomic E-state index is 5.54. The van der Waals surface area contributed by atoms with Crippen LogP contribution in [0.25, 0.3) is 10.6 Å². The van der Waals surface area contributed by atoms with Crippen LogP contribution < -0.4 is 5.73 Å². The van der Waals surface area contributed by atoms with E-state index in [1.165, 1.54) is 11.1 Å². The quantitative estimate of drug-likeness (QED) is 0.918. The molecule has 15 heavy (non-hydrogen) atoms. The molecule has 0 saturated heterocycles. The minimum Gasteiger partial charge on any atom is -0.325 e. The molecule has 2 N–H and O–H groups in total. The van der Waals surface area contributed by atoms with Crippen LogP contribution in [0.5, 0.6) is 0 Å². The summed E-state index contributed by atoms with van der Waals surface area (Å²) >= 11 is 5.09. The molecular weight excluding hydrogens is 272 g/mol. The molecule has 0 radical (unpaired) electrons. The van der Waals surface area contributed by atoms with Crippen molar-refractivity contribution in [1.29, 1.82) is 0 Å². The molecule has 2 rings (SSSR count). The lowest BCUT2D eigenvalue weighted by atomic mass is 10.1. The zero-order chi connectivity index (χ0) is 10.8. The van der Waals surface area contributed by atoms with Crippen LogP contribution in [0.15, 0.2) is 28.1 Å². The number of halogens is 1. The number of benzene rings is 1. The van der Waals surface area contributed by atoms with E-state index in [1.54, 1.807) is 11.3 Å². The fourth-order valence-electron chi connectivity index (χ4n) is 1.39. The van der Waals surface area contributed by atoms with Crippen molar-refractivity contribution in [2.24, 2.45) is 5.73 Å². The van der Waals surface area contributed by atoms with E-state index in [9.17, 15) is 0 Å². The molecule has 0 aliphatic carbocycles. The van der Waals surface area contributed by atoms with Gasteiger partial charge in [-0.3, -0.25) is 0 Å². The lowest BCUT2D eigenvalue weighted by Gasteiger charge is -2.02. The molecule has 1 aromatic carbocycles. The molecule has 0 fully saturated rings. The summed E-state index contributed by atoms with van der Waals surface area (Å²) in [4.78, 5) is 4.47. The van der Waals surface area contributed by atoms with Crippen molar-refractivity contribution in [3.05, 3.63) is 39.3 Å². The first-order chi connectivity index (χ1) is 7.20. The molecule has 0 bridgehead atoms. The average Bonchev–Trinajstić information content (AvgIpc) is 2.66. The number of hydrogen-bond donors (Lipinski definition) is 1. The van der Waals surface area contributed by atoms with E-state index in [2.05, 4.69) is 40.0 Å². The second kappa shape index (κ2) is 4.43. The number of hydrogen-bond acceptors (Lipinski definition) is 3. The van der Waals surface area contributed by atoms with E-state index in [1.807, 2.05) is 11.4 Å².